The molecule has 88 valence electrons. The number of ether oxygens (including phenoxy) is 1. The topological polar surface area (TPSA) is 46.6 Å². The van der Waals surface area contributed by atoms with Crippen molar-refractivity contribution in [2.24, 2.45) is 0 Å². The molecule has 0 aliphatic rings. The smallest absolute Gasteiger partial charge is 0.325 e. The Bertz CT molecular complexity index is 386. The Kier molecular flexibility index (Phi) is 4.49. The second-order valence-corrected chi connectivity index (χ2v) is 4.18. The van der Waals surface area contributed by atoms with Gasteiger partial charge >= 0.3 is 5.97 Å². The number of carbonyl (C=O) groups excluding carboxylic acids is 2. The molecule has 0 aromatic carbocycles. The molecule has 1 heterocycles. The van der Waals surface area contributed by atoms with Crippen molar-refractivity contribution in [2.75, 3.05) is 20.2 Å². The highest BCUT2D eigenvalue weighted by Gasteiger charge is 2.17. The second kappa shape index (κ2) is 5.65. The Labute approximate surface area is 98.8 Å². The number of amides is 1. The fourth-order valence-electron chi connectivity index (χ4n) is 1.26. The summed E-state index contributed by atoms with van der Waals surface area (Å²) in [6.45, 7) is 3.94. The lowest BCUT2D eigenvalue weighted by Gasteiger charge is -2.15. The third kappa shape index (κ3) is 3.06. The largest absolute Gasteiger partial charge is 0.465 e. The number of nitrogens with zero attached hydrogens (tertiary/aromatic N) is 1. The highest BCUT2D eigenvalue weighted by Crippen LogP contribution is 2.15. The Morgan fingerprint density at radius 2 is 2.12 bits per heavy atom. The zero-order chi connectivity index (χ0) is 12.1. The van der Waals surface area contributed by atoms with E-state index in [1.54, 1.807) is 19.4 Å². The van der Waals surface area contributed by atoms with Crippen LogP contribution in [0.25, 0.3) is 0 Å². The molecule has 0 aliphatic heterocycles. The summed E-state index contributed by atoms with van der Waals surface area (Å²) in [6.07, 6.45) is 0. The number of esters is 1. The molecule has 0 N–H and O–H groups in total. The average Bonchev–Trinajstić information content (AvgIpc) is 2.63. The van der Waals surface area contributed by atoms with Crippen LogP contribution >= 0.6 is 11.3 Å². The van der Waals surface area contributed by atoms with Crippen LogP contribution in [0.2, 0.25) is 0 Å². The average molecular weight is 241 g/mol. The maximum atomic E-state index is 11.9. The normalized spacial score (nSPS) is 9.94. The highest BCUT2D eigenvalue weighted by atomic mass is 32.1. The molecule has 1 aromatic heterocycles. The minimum absolute atomic E-state index is 0.0119. The maximum absolute atomic E-state index is 11.9. The van der Waals surface area contributed by atoms with Crippen LogP contribution in [-0.2, 0) is 9.53 Å². The molecule has 0 radical (unpaired) electrons. The number of hydrogen-bond acceptors (Lipinski definition) is 4. The zero-order valence-corrected chi connectivity index (χ0v) is 10.5. The molecule has 0 fully saturated rings. The van der Waals surface area contributed by atoms with Gasteiger partial charge in [-0.15, -0.1) is 0 Å². The summed E-state index contributed by atoms with van der Waals surface area (Å²) in [5, 5.41) is 3.70. The number of rotatable bonds is 4. The van der Waals surface area contributed by atoms with Gasteiger partial charge < -0.3 is 9.64 Å². The van der Waals surface area contributed by atoms with Gasteiger partial charge in [-0.05, 0) is 24.8 Å². The van der Waals surface area contributed by atoms with Crippen LogP contribution in [0.15, 0.2) is 10.8 Å². The molecule has 4 nitrogen and oxygen atoms in total. The maximum Gasteiger partial charge on any atom is 0.325 e. The summed E-state index contributed by atoms with van der Waals surface area (Å²) < 4.78 is 4.78. The number of aryl methyl sites for hydroxylation is 1. The summed E-state index contributed by atoms with van der Waals surface area (Å²) >= 11 is 1.48. The fraction of sp³-hybridized carbons (Fsp3) is 0.455. The third-order valence-electron chi connectivity index (χ3n) is 2.10. The molecule has 1 amide bonds. The summed E-state index contributed by atoms with van der Waals surface area (Å²) in [7, 11) is 1.59. The standard InChI is InChI=1S/C11H15NO3S/c1-4-15-10(13)5-12(3)11(14)9-7-16-6-8(9)2/h6-7H,4-5H2,1-3H3. The molecule has 1 rings (SSSR count). The van der Waals surface area contributed by atoms with Gasteiger partial charge in [0.1, 0.15) is 6.54 Å². The van der Waals surface area contributed by atoms with Crippen molar-refractivity contribution >= 4 is 23.2 Å². The molecule has 0 saturated heterocycles. The van der Waals surface area contributed by atoms with Crippen molar-refractivity contribution in [3.05, 3.63) is 21.9 Å². The third-order valence-corrected chi connectivity index (χ3v) is 2.97. The first-order chi connectivity index (χ1) is 7.56. The lowest BCUT2D eigenvalue weighted by Crippen LogP contribution is -2.33. The van der Waals surface area contributed by atoms with Gasteiger partial charge in [-0.1, -0.05) is 0 Å². The molecule has 0 atom stereocenters. The Morgan fingerprint density at radius 3 is 2.62 bits per heavy atom. The van der Waals surface area contributed by atoms with Crippen LogP contribution in [0.5, 0.6) is 0 Å². The molecule has 0 saturated carbocycles. The summed E-state index contributed by atoms with van der Waals surface area (Å²) in [5.41, 5.74) is 1.59. The van der Waals surface area contributed by atoms with Gasteiger partial charge in [0.15, 0.2) is 0 Å². The summed E-state index contributed by atoms with van der Waals surface area (Å²) in [4.78, 5) is 24.5. The van der Waals surface area contributed by atoms with Gasteiger partial charge in [-0.25, -0.2) is 0 Å². The van der Waals surface area contributed by atoms with Gasteiger partial charge in [0.25, 0.3) is 5.91 Å². The van der Waals surface area contributed by atoms with E-state index in [9.17, 15) is 9.59 Å². The number of hydrogen-bond donors (Lipinski definition) is 0. The summed E-state index contributed by atoms with van der Waals surface area (Å²) in [6, 6.07) is 0. The first kappa shape index (κ1) is 12.7. The summed E-state index contributed by atoms with van der Waals surface area (Å²) in [5.74, 6) is -0.530. The second-order valence-electron chi connectivity index (χ2n) is 3.43. The van der Waals surface area contributed by atoms with E-state index in [-0.39, 0.29) is 18.4 Å². The monoisotopic (exact) mass is 241 g/mol. The van der Waals surface area contributed by atoms with E-state index in [2.05, 4.69) is 0 Å². The number of thiophene rings is 1. The van der Waals surface area contributed by atoms with Gasteiger partial charge in [-0.3, -0.25) is 9.59 Å². The van der Waals surface area contributed by atoms with Crippen molar-refractivity contribution in [3.8, 4) is 0 Å². The Morgan fingerprint density at radius 1 is 1.44 bits per heavy atom. The minimum Gasteiger partial charge on any atom is -0.465 e. The molecule has 16 heavy (non-hydrogen) atoms. The molecule has 0 aliphatic carbocycles. The van der Waals surface area contributed by atoms with Crippen molar-refractivity contribution < 1.29 is 14.3 Å². The zero-order valence-electron chi connectivity index (χ0n) is 9.65. The van der Waals surface area contributed by atoms with E-state index in [4.69, 9.17) is 4.74 Å². The fourth-order valence-corrected chi connectivity index (χ4v) is 2.08. The van der Waals surface area contributed by atoms with E-state index in [1.807, 2.05) is 12.3 Å². The molecule has 1 aromatic rings. The lowest BCUT2D eigenvalue weighted by atomic mass is 10.2. The van der Waals surface area contributed by atoms with Crippen LogP contribution in [0.4, 0.5) is 0 Å². The van der Waals surface area contributed by atoms with E-state index >= 15 is 0 Å². The first-order valence-corrected chi connectivity index (χ1v) is 5.94. The van der Waals surface area contributed by atoms with Crippen LogP contribution in [0.3, 0.4) is 0 Å². The Balaban J connectivity index is 2.61. The Hall–Kier alpha value is -1.36. The van der Waals surface area contributed by atoms with Crippen LogP contribution in [0, 0.1) is 6.92 Å². The van der Waals surface area contributed by atoms with Crippen LogP contribution in [-0.4, -0.2) is 37.0 Å². The van der Waals surface area contributed by atoms with Gasteiger partial charge in [0, 0.05) is 12.4 Å². The number of carbonyl (C=O) groups is 2. The lowest BCUT2D eigenvalue weighted by molar-refractivity contribution is -0.143. The van der Waals surface area contributed by atoms with E-state index in [0.29, 0.717) is 12.2 Å². The molecular formula is C11H15NO3S. The van der Waals surface area contributed by atoms with Crippen molar-refractivity contribution in [1.82, 2.24) is 4.90 Å². The molecule has 0 spiro atoms. The van der Waals surface area contributed by atoms with Crippen molar-refractivity contribution in [2.45, 2.75) is 13.8 Å². The van der Waals surface area contributed by atoms with Crippen molar-refractivity contribution in [1.29, 1.82) is 0 Å². The molecule has 0 unspecified atom stereocenters. The predicted octanol–water partition coefficient (Wildman–Crippen LogP) is 1.69. The van der Waals surface area contributed by atoms with Gasteiger partial charge in [0.2, 0.25) is 0 Å². The van der Waals surface area contributed by atoms with Gasteiger partial charge in [-0.2, -0.15) is 11.3 Å². The highest BCUT2D eigenvalue weighted by molar-refractivity contribution is 7.08. The van der Waals surface area contributed by atoms with Gasteiger partial charge in [0.05, 0.1) is 12.2 Å². The quantitative estimate of drug-likeness (QED) is 0.754. The van der Waals surface area contributed by atoms with Crippen LogP contribution in [0.1, 0.15) is 22.8 Å². The minimum atomic E-state index is -0.383. The van der Waals surface area contributed by atoms with E-state index < -0.39 is 0 Å². The van der Waals surface area contributed by atoms with Crippen molar-refractivity contribution in [3.63, 3.8) is 0 Å². The molecule has 5 heteroatoms. The van der Waals surface area contributed by atoms with E-state index in [1.165, 1.54) is 16.2 Å². The predicted molar refractivity (Wildman–Crippen MR) is 62.6 cm³/mol. The van der Waals surface area contributed by atoms with E-state index in [0.717, 1.165) is 5.56 Å². The first-order valence-electron chi connectivity index (χ1n) is 5.00. The molecule has 0 bridgehead atoms. The van der Waals surface area contributed by atoms with Crippen LogP contribution < -0.4 is 0 Å². The SMILES string of the molecule is CCOC(=O)CN(C)C(=O)c1cscc1C. The molecular weight excluding hydrogens is 226 g/mol. The number of likely N-dealkylation sites (N-methyl/N-ethyl adjacent to an activating group) is 1.